The number of amides is 1. The maximum atomic E-state index is 13.3. The van der Waals surface area contributed by atoms with Crippen molar-refractivity contribution in [3.63, 3.8) is 0 Å². The lowest BCUT2D eigenvalue weighted by atomic mass is 10.3. The number of para-hydroxylation sites is 1. The topological polar surface area (TPSA) is 75.7 Å². The Labute approximate surface area is 185 Å². The van der Waals surface area contributed by atoms with Crippen LogP contribution in [-0.4, -0.2) is 28.0 Å². The zero-order chi connectivity index (χ0) is 21.7. The van der Waals surface area contributed by atoms with Crippen LogP contribution in [0.3, 0.4) is 0 Å². The first-order valence-electron chi connectivity index (χ1n) is 8.78. The number of methoxy groups -OCH3 is 1. The van der Waals surface area contributed by atoms with Crippen LogP contribution < -0.4 is 14.4 Å². The van der Waals surface area contributed by atoms with Crippen LogP contribution in [0, 0.1) is 0 Å². The van der Waals surface area contributed by atoms with Crippen molar-refractivity contribution < 1.29 is 17.9 Å². The Morgan fingerprint density at radius 1 is 0.967 bits per heavy atom. The number of hydrogen-bond donors (Lipinski definition) is 1. The highest BCUT2D eigenvalue weighted by molar-refractivity contribution is 7.92. The highest BCUT2D eigenvalue weighted by atomic mass is 35.5. The van der Waals surface area contributed by atoms with Gasteiger partial charge in [0.15, 0.2) is 0 Å². The maximum Gasteiger partial charge on any atom is 0.264 e. The van der Waals surface area contributed by atoms with Gasteiger partial charge < -0.3 is 10.1 Å². The van der Waals surface area contributed by atoms with Crippen molar-refractivity contribution >= 4 is 50.5 Å². The molecule has 3 aromatic rings. The van der Waals surface area contributed by atoms with Gasteiger partial charge in [-0.25, -0.2) is 8.42 Å². The van der Waals surface area contributed by atoms with Crippen molar-refractivity contribution in [1.29, 1.82) is 0 Å². The molecule has 3 rings (SSSR count). The second kappa shape index (κ2) is 9.38. The molecule has 156 valence electrons. The van der Waals surface area contributed by atoms with E-state index in [1.807, 2.05) is 0 Å². The van der Waals surface area contributed by atoms with Crippen LogP contribution in [0.25, 0.3) is 0 Å². The standard InChI is InChI=1S/C21H18Cl2N2O4S/c1-29-20-12-11-15(13-18(20)23)24-21(26)14-25(19-10-6-5-9-17(19)22)30(27,28)16-7-3-2-4-8-16/h2-13H,14H2,1H3,(H,24,26). The minimum atomic E-state index is -4.04. The normalized spacial score (nSPS) is 11.0. The SMILES string of the molecule is COc1ccc(NC(=O)CN(c2ccccc2Cl)S(=O)(=O)c2ccccc2)cc1Cl. The van der Waals surface area contributed by atoms with Gasteiger partial charge in [-0.15, -0.1) is 0 Å². The van der Waals surface area contributed by atoms with E-state index in [0.717, 1.165) is 4.31 Å². The fraction of sp³-hybridized carbons (Fsp3) is 0.0952. The number of halogens is 2. The van der Waals surface area contributed by atoms with E-state index in [-0.39, 0.29) is 15.6 Å². The molecule has 0 saturated carbocycles. The molecule has 0 unspecified atom stereocenters. The van der Waals surface area contributed by atoms with Crippen molar-refractivity contribution in [3.05, 3.63) is 82.8 Å². The molecule has 1 amide bonds. The van der Waals surface area contributed by atoms with Gasteiger partial charge >= 0.3 is 0 Å². The third-order valence-corrected chi connectivity index (χ3v) is 6.56. The molecule has 0 radical (unpaired) electrons. The van der Waals surface area contributed by atoms with Gasteiger partial charge in [-0.3, -0.25) is 9.10 Å². The molecular formula is C21H18Cl2N2O4S. The summed E-state index contributed by atoms with van der Waals surface area (Å²) in [6.45, 7) is -0.482. The average molecular weight is 465 g/mol. The van der Waals surface area contributed by atoms with E-state index in [2.05, 4.69) is 5.32 Å². The molecule has 6 nitrogen and oxygen atoms in total. The van der Waals surface area contributed by atoms with Crippen LogP contribution in [0.4, 0.5) is 11.4 Å². The second-order valence-electron chi connectivity index (χ2n) is 6.17. The van der Waals surface area contributed by atoms with Gasteiger partial charge in [0.2, 0.25) is 5.91 Å². The smallest absolute Gasteiger partial charge is 0.264 e. The molecule has 0 spiro atoms. The van der Waals surface area contributed by atoms with E-state index in [1.165, 1.54) is 25.3 Å². The predicted octanol–water partition coefficient (Wildman–Crippen LogP) is 4.84. The van der Waals surface area contributed by atoms with E-state index in [9.17, 15) is 13.2 Å². The Balaban J connectivity index is 1.92. The van der Waals surface area contributed by atoms with Gasteiger partial charge in [0.1, 0.15) is 12.3 Å². The lowest BCUT2D eigenvalue weighted by molar-refractivity contribution is -0.114. The molecule has 0 fully saturated rings. The zero-order valence-corrected chi connectivity index (χ0v) is 18.2. The molecular weight excluding hydrogens is 447 g/mol. The Hall–Kier alpha value is -2.74. The highest BCUT2D eigenvalue weighted by Gasteiger charge is 2.28. The molecule has 0 bridgehead atoms. The van der Waals surface area contributed by atoms with Gasteiger partial charge in [-0.2, -0.15) is 0 Å². The van der Waals surface area contributed by atoms with Crippen molar-refractivity contribution in [1.82, 2.24) is 0 Å². The van der Waals surface area contributed by atoms with Crippen LogP contribution >= 0.6 is 23.2 Å². The summed E-state index contributed by atoms with van der Waals surface area (Å²) in [5.41, 5.74) is 0.605. The molecule has 0 atom stereocenters. The Kier molecular flexibility index (Phi) is 6.87. The lowest BCUT2D eigenvalue weighted by Crippen LogP contribution is -2.38. The quantitative estimate of drug-likeness (QED) is 0.542. The first-order valence-corrected chi connectivity index (χ1v) is 11.0. The minimum Gasteiger partial charge on any atom is -0.495 e. The lowest BCUT2D eigenvalue weighted by Gasteiger charge is -2.25. The molecule has 9 heteroatoms. The molecule has 30 heavy (non-hydrogen) atoms. The van der Waals surface area contributed by atoms with Gasteiger partial charge in [-0.1, -0.05) is 53.5 Å². The van der Waals surface area contributed by atoms with Crippen molar-refractivity contribution in [2.45, 2.75) is 4.90 Å². The number of ether oxygens (including phenoxy) is 1. The van der Waals surface area contributed by atoms with Gasteiger partial charge in [-0.05, 0) is 42.5 Å². The fourth-order valence-corrected chi connectivity index (χ4v) is 4.75. The summed E-state index contributed by atoms with van der Waals surface area (Å²) in [6, 6.07) is 19.0. The van der Waals surface area contributed by atoms with E-state index in [4.69, 9.17) is 27.9 Å². The number of sulfonamides is 1. The van der Waals surface area contributed by atoms with Crippen molar-refractivity contribution in [2.75, 3.05) is 23.3 Å². The molecule has 0 aliphatic heterocycles. The maximum absolute atomic E-state index is 13.3. The van der Waals surface area contributed by atoms with Crippen LogP contribution in [0.15, 0.2) is 77.7 Å². The summed E-state index contributed by atoms with van der Waals surface area (Å²) in [6.07, 6.45) is 0. The molecule has 3 aromatic carbocycles. The molecule has 0 aliphatic rings. The first kappa shape index (κ1) is 22.0. The summed E-state index contributed by atoms with van der Waals surface area (Å²) in [4.78, 5) is 12.8. The number of benzene rings is 3. The van der Waals surface area contributed by atoms with Gasteiger partial charge in [0.05, 0.1) is 27.7 Å². The van der Waals surface area contributed by atoms with Crippen molar-refractivity contribution in [3.8, 4) is 5.75 Å². The first-order chi connectivity index (χ1) is 14.3. The molecule has 1 N–H and O–H groups in total. The number of anilines is 2. The van der Waals surface area contributed by atoms with E-state index in [1.54, 1.807) is 54.6 Å². The summed E-state index contributed by atoms with van der Waals surface area (Å²) in [5.74, 6) is -0.102. The number of rotatable bonds is 7. The van der Waals surface area contributed by atoms with E-state index < -0.39 is 22.5 Å². The Morgan fingerprint density at radius 3 is 2.27 bits per heavy atom. The molecule has 0 aliphatic carbocycles. The van der Waals surface area contributed by atoms with Crippen LogP contribution in [0.5, 0.6) is 5.75 Å². The molecule has 0 heterocycles. The number of carbonyl (C=O) groups excluding carboxylic acids is 1. The number of nitrogens with one attached hydrogen (secondary N) is 1. The van der Waals surface area contributed by atoms with Crippen LogP contribution in [0.2, 0.25) is 10.0 Å². The van der Waals surface area contributed by atoms with Crippen LogP contribution in [0.1, 0.15) is 0 Å². The van der Waals surface area contributed by atoms with E-state index in [0.29, 0.717) is 16.5 Å². The van der Waals surface area contributed by atoms with Crippen LogP contribution in [-0.2, 0) is 14.8 Å². The summed E-state index contributed by atoms with van der Waals surface area (Å²) in [5, 5.41) is 3.17. The predicted molar refractivity (Wildman–Crippen MR) is 119 cm³/mol. The number of carbonyl (C=O) groups is 1. The third-order valence-electron chi connectivity index (χ3n) is 4.18. The number of nitrogens with zero attached hydrogens (tertiary/aromatic N) is 1. The summed E-state index contributed by atoms with van der Waals surface area (Å²) < 4.78 is 32.6. The third kappa shape index (κ3) is 4.87. The highest BCUT2D eigenvalue weighted by Crippen LogP contribution is 2.31. The zero-order valence-electron chi connectivity index (χ0n) is 15.9. The minimum absolute atomic E-state index is 0.0465. The summed E-state index contributed by atoms with van der Waals surface area (Å²) in [7, 11) is -2.56. The molecule has 0 aromatic heterocycles. The van der Waals surface area contributed by atoms with Crippen molar-refractivity contribution in [2.24, 2.45) is 0 Å². The molecule has 0 saturated heterocycles. The largest absolute Gasteiger partial charge is 0.495 e. The number of hydrogen-bond acceptors (Lipinski definition) is 4. The van der Waals surface area contributed by atoms with Gasteiger partial charge in [0.25, 0.3) is 10.0 Å². The van der Waals surface area contributed by atoms with Gasteiger partial charge in [0, 0.05) is 5.69 Å². The fourth-order valence-electron chi connectivity index (χ4n) is 2.75. The second-order valence-corrected chi connectivity index (χ2v) is 8.85. The monoisotopic (exact) mass is 464 g/mol. The summed E-state index contributed by atoms with van der Waals surface area (Å²) >= 11 is 12.3. The van der Waals surface area contributed by atoms with E-state index >= 15 is 0 Å². The Bertz CT molecular complexity index is 1150. The average Bonchev–Trinajstić information content (AvgIpc) is 2.73. The Morgan fingerprint density at radius 2 is 1.63 bits per heavy atom.